The van der Waals surface area contributed by atoms with Gasteiger partial charge in [-0.1, -0.05) is 40.9 Å². The number of aromatic hydroxyl groups is 1. The molecule has 54 heavy (non-hydrogen) atoms. The van der Waals surface area contributed by atoms with Crippen LogP contribution in [0.3, 0.4) is 0 Å². The maximum Gasteiger partial charge on any atom is 0.242 e. The van der Waals surface area contributed by atoms with Crippen molar-refractivity contribution in [1.29, 1.82) is 0 Å². The highest BCUT2D eigenvalue weighted by atomic mass is 35.5. The lowest BCUT2D eigenvalue weighted by atomic mass is 9.51. The molecule has 3 aromatic carbocycles. The minimum absolute atomic E-state index is 0.0193. The molecule has 6 atom stereocenters. The monoisotopic (exact) mass is 780 g/mol. The second-order valence-corrected chi connectivity index (χ2v) is 16.7. The molecule has 4 heterocycles. The first-order chi connectivity index (χ1) is 25.8. The number of aromatic nitrogens is 2. The van der Waals surface area contributed by atoms with E-state index in [-0.39, 0.29) is 24.0 Å². The number of fused-ring (bicyclic) bond motifs is 5. The normalized spacial score (nSPS) is 26.3. The van der Waals surface area contributed by atoms with Gasteiger partial charge in [-0.2, -0.15) is 5.10 Å². The van der Waals surface area contributed by atoms with Gasteiger partial charge in [0.25, 0.3) is 0 Å². The highest BCUT2D eigenvalue weighted by Crippen LogP contribution is 2.64. The van der Waals surface area contributed by atoms with Crippen molar-refractivity contribution in [3.05, 3.63) is 99.6 Å². The van der Waals surface area contributed by atoms with Gasteiger partial charge in [-0.15, -0.1) is 11.3 Å². The third kappa shape index (κ3) is 4.80. The summed E-state index contributed by atoms with van der Waals surface area (Å²) in [6, 6.07) is 18.8. The second-order valence-electron chi connectivity index (χ2n) is 14.8. The van der Waals surface area contributed by atoms with Crippen LogP contribution in [0.1, 0.15) is 36.8 Å². The number of allylic oxidation sites excluding steroid dienone is 2. The van der Waals surface area contributed by atoms with Gasteiger partial charge in [0.05, 0.1) is 40.8 Å². The van der Waals surface area contributed by atoms with E-state index >= 15 is 4.79 Å². The predicted octanol–water partition coefficient (Wildman–Crippen LogP) is 8.07. The van der Waals surface area contributed by atoms with Gasteiger partial charge in [0.2, 0.25) is 23.6 Å². The van der Waals surface area contributed by atoms with Gasteiger partial charge < -0.3 is 9.84 Å². The second kappa shape index (κ2) is 12.3. The fourth-order valence-electron chi connectivity index (χ4n) is 9.58. The van der Waals surface area contributed by atoms with E-state index in [1.165, 1.54) is 29.0 Å². The van der Waals surface area contributed by atoms with Crippen molar-refractivity contribution in [1.82, 2.24) is 9.78 Å². The summed E-state index contributed by atoms with van der Waals surface area (Å²) in [5.74, 6) is -4.23. The number of benzene rings is 3. The van der Waals surface area contributed by atoms with Crippen LogP contribution in [0.15, 0.2) is 78.4 Å². The minimum atomic E-state index is -1.31. The van der Waals surface area contributed by atoms with Crippen LogP contribution in [0.4, 0.5) is 11.5 Å². The van der Waals surface area contributed by atoms with E-state index in [9.17, 15) is 19.5 Å². The number of phenols is 1. The average molecular weight is 782 g/mol. The molecular weight excluding hydrogens is 747 g/mol. The van der Waals surface area contributed by atoms with E-state index in [2.05, 4.69) is 0 Å². The zero-order valence-electron chi connectivity index (χ0n) is 29.7. The maximum absolute atomic E-state index is 15.1. The number of halogens is 2. The topological polar surface area (TPSA) is 122 Å². The Labute approximate surface area is 324 Å². The Morgan fingerprint density at radius 1 is 0.907 bits per heavy atom. The highest BCUT2D eigenvalue weighted by Gasteiger charge is 2.68. The van der Waals surface area contributed by atoms with Gasteiger partial charge in [-0.25, -0.2) is 4.90 Å². The largest absolute Gasteiger partial charge is 0.508 e. The summed E-state index contributed by atoms with van der Waals surface area (Å²) in [6.07, 6.45) is 2.47. The molecule has 1 N–H and O–H groups in total. The number of ether oxygens (including phenoxy) is 1. The summed E-state index contributed by atoms with van der Waals surface area (Å²) in [7, 11) is 3.20. The van der Waals surface area contributed by atoms with Crippen molar-refractivity contribution in [2.45, 2.75) is 32.6 Å². The standard InChI is InChI=1S/C41H34Cl2N4O6S/c1-19-27-15-21(43)7-14-32(27)54-36(19)30-18-33(45(3)44-30)47-38(50)29-17-28-24(35(41(29,2)40(47)52)25-11-10-23(48)16-31(25)53-4)12-13-26-34(28)39(51)46(37(26)49)22-8-5-20(42)6-9-22/h5-12,14-16,18,26,28-29,34-35,48H,13,17H2,1-4H3. The quantitative estimate of drug-likeness (QED) is 0.141. The number of hydrogen-bond donors (Lipinski definition) is 1. The van der Waals surface area contributed by atoms with Crippen LogP contribution in [0.25, 0.3) is 20.7 Å². The molecule has 1 saturated carbocycles. The summed E-state index contributed by atoms with van der Waals surface area (Å²) < 4.78 is 8.39. The first-order valence-corrected chi connectivity index (χ1v) is 19.2. The maximum atomic E-state index is 15.1. The van der Waals surface area contributed by atoms with Gasteiger partial charge in [0.15, 0.2) is 0 Å². The molecule has 2 aromatic heterocycles. The predicted molar refractivity (Wildman–Crippen MR) is 207 cm³/mol. The number of carbonyl (C=O) groups is 4. The van der Waals surface area contributed by atoms with Crippen molar-refractivity contribution in [3.63, 3.8) is 0 Å². The molecule has 9 rings (SSSR count). The molecule has 10 nitrogen and oxygen atoms in total. The third-order valence-electron chi connectivity index (χ3n) is 12.1. The molecule has 2 aliphatic carbocycles. The first-order valence-electron chi connectivity index (χ1n) is 17.6. The first kappa shape index (κ1) is 34.8. The summed E-state index contributed by atoms with van der Waals surface area (Å²) in [4.78, 5) is 61.8. The van der Waals surface area contributed by atoms with Gasteiger partial charge in [0, 0.05) is 45.4 Å². The van der Waals surface area contributed by atoms with Crippen LogP contribution in [0.5, 0.6) is 11.5 Å². The SMILES string of the molecule is COc1cc(O)ccc1C1C2=CCC3C(=O)N(c4ccc(Cl)cc4)C(=O)C3C2CC2C(=O)N(c3cc(-c4sc5ccc(Cl)cc5c4C)nn3C)C(=O)C21C. The van der Waals surface area contributed by atoms with Gasteiger partial charge in [-0.05, 0) is 92.1 Å². The number of nitrogens with zero attached hydrogens (tertiary/aromatic N) is 4. The molecule has 2 aliphatic heterocycles. The molecule has 6 unspecified atom stereocenters. The van der Waals surface area contributed by atoms with Crippen LogP contribution in [-0.4, -0.2) is 45.6 Å². The number of imide groups is 2. The fraction of sp³-hybridized carbons (Fsp3) is 0.293. The molecule has 3 fully saturated rings. The lowest BCUT2D eigenvalue weighted by Crippen LogP contribution is -2.49. The Morgan fingerprint density at radius 3 is 2.39 bits per heavy atom. The summed E-state index contributed by atoms with van der Waals surface area (Å²) >= 11 is 14.0. The highest BCUT2D eigenvalue weighted by molar-refractivity contribution is 7.22. The fourth-order valence-corrected chi connectivity index (χ4v) is 11.0. The molecule has 0 bridgehead atoms. The number of methoxy groups -OCH3 is 1. The van der Waals surface area contributed by atoms with E-state index in [4.69, 9.17) is 33.0 Å². The smallest absolute Gasteiger partial charge is 0.242 e. The Morgan fingerprint density at radius 2 is 1.65 bits per heavy atom. The summed E-state index contributed by atoms with van der Waals surface area (Å²) in [5.41, 5.74) is 2.16. The van der Waals surface area contributed by atoms with Crippen LogP contribution < -0.4 is 14.5 Å². The molecule has 5 aromatic rings. The lowest BCUT2D eigenvalue weighted by Gasteiger charge is -2.49. The number of anilines is 2. The van der Waals surface area contributed by atoms with Crippen LogP contribution in [0.2, 0.25) is 10.0 Å². The van der Waals surface area contributed by atoms with E-state index in [1.807, 2.05) is 38.1 Å². The minimum Gasteiger partial charge on any atom is -0.508 e. The van der Waals surface area contributed by atoms with Crippen molar-refractivity contribution >= 4 is 79.8 Å². The average Bonchev–Trinajstić information content (AvgIpc) is 3.82. The number of amides is 4. The molecule has 2 saturated heterocycles. The Balaban J connectivity index is 1.16. The molecule has 274 valence electrons. The Bertz CT molecular complexity index is 2510. The van der Waals surface area contributed by atoms with Crippen LogP contribution in [-0.2, 0) is 26.2 Å². The van der Waals surface area contributed by atoms with Crippen molar-refractivity contribution in [3.8, 4) is 22.1 Å². The summed E-state index contributed by atoms with van der Waals surface area (Å²) in [6.45, 7) is 3.82. The summed E-state index contributed by atoms with van der Waals surface area (Å²) in [5, 5.41) is 17.4. The van der Waals surface area contributed by atoms with Crippen molar-refractivity contribution < 1.29 is 29.0 Å². The van der Waals surface area contributed by atoms with E-state index < -0.39 is 46.8 Å². The molecular formula is C41H34Cl2N4O6S. The zero-order valence-corrected chi connectivity index (χ0v) is 32.0. The molecule has 4 aliphatic rings. The van der Waals surface area contributed by atoms with Gasteiger partial charge >= 0.3 is 0 Å². The number of carbonyl (C=O) groups excluding carboxylic acids is 4. The van der Waals surface area contributed by atoms with E-state index in [0.29, 0.717) is 45.0 Å². The van der Waals surface area contributed by atoms with E-state index in [1.54, 1.807) is 59.5 Å². The number of rotatable bonds is 5. The number of aryl methyl sites for hydroxylation is 2. The van der Waals surface area contributed by atoms with Gasteiger partial charge in [0.1, 0.15) is 23.0 Å². The zero-order chi connectivity index (χ0) is 38.0. The number of hydrogen-bond acceptors (Lipinski definition) is 8. The van der Waals surface area contributed by atoms with Crippen molar-refractivity contribution in [2.24, 2.45) is 36.1 Å². The third-order valence-corrected chi connectivity index (χ3v) is 13.9. The van der Waals surface area contributed by atoms with E-state index in [0.717, 1.165) is 26.1 Å². The number of thiophene rings is 1. The number of phenolic OH excluding ortho intramolecular Hbond substituents is 1. The van der Waals surface area contributed by atoms with Crippen LogP contribution >= 0.6 is 34.5 Å². The molecule has 0 spiro atoms. The van der Waals surface area contributed by atoms with Gasteiger partial charge in [-0.3, -0.25) is 28.8 Å². The van der Waals surface area contributed by atoms with Crippen LogP contribution in [0, 0.1) is 36.0 Å². The van der Waals surface area contributed by atoms with Crippen molar-refractivity contribution in [2.75, 3.05) is 16.9 Å². The Kier molecular flexibility index (Phi) is 7.91. The molecule has 0 radical (unpaired) electrons. The molecule has 4 amide bonds. The molecule has 13 heteroatoms. The lowest BCUT2D eigenvalue weighted by molar-refractivity contribution is -0.131. The Hall–Kier alpha value is -4.97.